The van der Waals surface area contributed by atoms with Gasteiger partial charge in [0.2, 0.25) is 0 Å². The Balaban J connectivity index is 2.33. The summed E-state index contributed by atoms with van der Waals surface area (Å²) in [5, 5.41) is 2.74. The highest BCUT2D eigenvalue weighted by Crippen LogP contribution is 2.14. The van der Waals surface area contributed by atoms with Gasteiger partial charge < -0.3 is 14.8 Å². The summed E-state index contributed by atoms with van der Waals surface area (Å²) >= 11 is 0. The molecule has 0 bridgehead atoms. The molecule has 0 unspecified atom stereocenters. The van der Waals surface area contributed by atoms with Crippen LogP contribution in [-0.2, 0) is 11.2 Å². The Kier molecular flexibility index (Phi) is 5.86. The maximum atomic E-state index is 11.5. The molecule has 1 aromatic rings. The van der Waals surface area contributed by atoms with Crippen molar-refractivity contribution in [2.75, 3.05) is 6.54 Å². The molecule has 0 aliphatic carbocycles. The van der Waals surface area contributed by atoms with Gasteiger partial charge in [-0.05, 0) is 58.7 Å². The molecule has 0 heterocycles. The molecule has 0 aromatic heterocycles. The van der Waals surface area contributed by atoms with Crippen LogP contribution in [0, 0.1) is 0 Å². The van der Waals surface area contributed by atoms with Gasteiger partial charge in [0.05, 0.1) is 6.10 Å². The summed E-state index contributed by atoms with van der Waals surface area (Å²) in [5.74, 6) is 0.865. The smallest absolute Gasteiger partial charge is 0.407 e. The van der Waals surface area contributed by atoms with E-state index in [0.29, 0.717) is 6.54 Å². The lowest BCUT2D eigenvalue weighted by molar-refractivity contribution is 0.0528. The van der Waals surface area contributed by atoms with Crippen molar-refractivity contribution in [2.24, 2.45) is 0 Å². The molecule has 0 atom stereocenters. The van der Waals surface area contributed by atoms with Crippen LogP contribution >= 0.6 is 0 Å². The lowest BCUT2D eigenvalue weighted by Crippen LogP contribution is -2.33. The van der Waals surface area contributed by atoms with Crippen molar-refractivity contribution in [3.05, 3.63) is 29.8 Å². The van der Waals surface area contributed by atoms with Gasteiger partial charge in [0.15, 0.2) is 0 Å². The second-order valence-corrected chi connectivity index (χ2v) is 5.99. The minimum absolute atomic E-state index is 0.176. The zero-order chi connectivity index (χ0) is 15.2. The van der Waals surface area contributed by atoms with E-state index in [1.54, 1.807) is 0 Å². The van der Waals surface area contributed by atoms with Crippen LogP contribution in [0.5, 0.6) is 5.75 Å². The van der Waals surface area contributed by atoms with Crippen molar-refractivity contribution in [2.45, 2.75) is 52.7 Å². The topological polar surface area (TPSA) is 47.6 Å². The predicted octanol–water partition coefficient (Wildman–Crippen LogP) is 3.54. The lowest BCUT2D eigenvalue weighted by Gasteiger charge is -2.19. The average molecular weight is 279 g/mol. The van der Waals surface area contributed by atoms with E-state index < -0.39 is 5.60 Å². The molecule has 0 aliphatic rings. The minimum atomic E-state index is -0.458. The Hall–Kier alpha value is -1.71. The third-order valence-corrected chi connectivity index (χ3v) is 2.38. The number of rotatable bonds is 5. The SMILES string of the molecule is CC(C)Oc1ccc(CCNC(=O)OC(C)(C)C)cc1. The Morgan fingerprint density at radius 2 is 1.80 bits per heavy atom. The Bertz CT molecular complexity index is 418. The zero-order valence-electron chi connectivity index (χ0n) is 13.0. The standard InChI is InChI=1S/C16H25NO3/c1-12(2)19-14-8-6-13(7-9-14)10-11-17-15(18)20-16(3,4)5/h6-9,12H,10-11H2,1-5H3,(H,17,18). The molecule has 1 amide bonds. The van der Waals surface area contributed by atoms with Crippen LogP contribution < -0.4 is 10.1 Å². The monoisotopic (exact) mass is 279 g/mol. The predicted molar refractivity (Wildman–Crippen MR) is 80.1 cm³/mol. The quantitative estimate of drug-likeness (QED) is 0.896. The van der Waals surface area contributed by atoms with Gasteiger partial charge in [-0.25, -0.2) is 4.79 Å². The summed E-state index contributed by atoms with van der Waals surface area (Å²) in [5.41, 5.74) is 0.692. The van der Waals surface area contributed by atoms with Crippen LogP contribution in [0.25, 0.3) is 0 Å². The van der Waals surface area contributed by atoms with E-state index >= 15 is 0 Å². The fourth-order valence-electron chi connectivity index (χ4n) is 1.63. The fourth-order valence-corrected chi connectivity index (χ4v) is 1.63. The van der Waals surface area contributed by atoms with Gasteiger partial charge in [0, 0.05) is 6.54 Å². The number of carbonyl (C=O) groups is 1. The summed E-state index contributed by atoms with van der Waals surface area (Å²) in [6.45, 7) is 10.1. The molecule has 4 nitrogen and oxygen atoms in total. The molecular formula is C16H25NO3. The maximum Gasteiger partial charge on any atom is 0.407 e. The summed E-state index contributed by atoms with van der Waals surface area (Å²) in [7, 11) is 0. The second-order valence-electron chi connectivity index (χ2n) is 5.99. The van der Waals surface area contributed by atoms with Crippen molar-refractivity contribution < 1.29 is 14.3 Å². The van der Waals surface area contributed by atoms with Crippen molar-refractivity contribution in [3.63, 3.8) is 0 Å². The largest absolute Gasteiger partial charge is 0.491 e. The molecule has 112 valence electrons. The van der Waals surface area contributed by atoms with E-state index in [0.717, 1.165) is 17.7 Å². The Morgan fingerprint density at radius 3 is 2.30 bits per heavy atom. The number of carbonyl (C=O) groups excluding carboxylic acids is 1. The van der Waals surface area contributed by atoms with Crippen LogP contribution in [0.3, 0.4) is 0 Å². The maximum absolute atomic E-state index is 11.5. The average Bonchev–Trinajstić information content (AvgIpc) is 2.28. The number of amides is 1. The highest BCUT2D eigenvalue weighted by molar-refractivity contribution is 5.67. The molecule has 1 rings (SSSR count). The first kappa shape index (κ1) is 16.3. The number of alkyl carbamates (subject to hydrolysis) is 1. The summed E-state index contributed by atoms with van der Waals surface area (Å²) in [4.78, 5) is 11.5. The van der Waals surface area contributed by atoms with Gasteiger partial charge >= 0.3 is 6.09 Å². The van der Waals surface area contributed by atoms with Crippen molar-refractivity contribution >= 4 is 6.09 Å². The number of nitrogens with one attached hydrogen (secondary N) is 1. The van der Waals surface area contributed by atoms with Gasteiger partial charge in [-0.3, -0.25) is 0 Å². The summed E-state index contributed by atoms with van der Waals surface area (Å²) < 4.78 is 10.7. The lowest BCUT2D eigenvalue weighted by atomic mass is 10.1. The summed E-state index contributed by atoms with van der Waals surface area (Å²) in [6, 6.07) is 7.91. The van der Waals surface area contributed by atoms with E-state index in [-0.39, 0.29) is 12.2 Å². The third-order valence-electron chi connectivity index (χ3n) is 2.38. The van der Waals surface area contributed by atoms with E-state index in [1.165, 1.54) is 0 Å². The highest BCUT2D eigenvalue weighted by atomic mass is 16.6. The number of ether oxygens (including phenoxy) is 2. The van der Waals surface area contributed by atoms with Crippen molar-refractivity contribution in [1.82, 2.24) is 5.32 Å². The molecule has 0 radical (unpaired) electrons. The molecule has 20 heavy (non-hydrogen) atoms. The minimum Gasteiger partial charge on any atom is -0.491 e. The van der Waals surface area contributed by atoms with Crippen LogP contribution in [0.1, 0.15) is 40.2 Å². The summed E-state index contributed by atoms with van der Waals surface area (Å²) in [6.07, 6.45) is 0.563. The molecular weight excluding hydrogens is 254 g/mol. The highest BCUT2D eigenvalue weighted by Gasteiger charge is 2.15. The van der Waals surface area contributed by atoms with Gasteiger partial charge in [0.1, 0.15) is 11.4 Å². The molecule has 4 heteroatoms. The first-order chi connectivity index (χ1) is 9.26. The molecule has 0 fully saturated rings. The number of benzene rings is 1. The molecule has 1 N–H and O–H groups in total. The Labute approximate surface area is 121 Å². The zero-order valence-corrected chi connectivity index (χ0v) is 13.0. The number of hydrogen-bond acceptors (Lipinski definition) is 3. The molecule has 0 aliphatic heterocycles. The molecule has 1 aromatic carbocycles. The molecule has 0 spiro atoms. The van der Waals surface area contributed by atoms with Gasteiger partial charge in [-0.2, -0.15) is 0 Å². The molecule has 0 saturated heterocycles. The van der Waals surface area contributed by atoms with E-state index in [9.17, 15) is 4.79 Å². The van der Waals surface area contributed by atoms with Crippen LogP contribution in [0.4, 0.5) is 4.79 Å². The van der Waals surface area contributed by atoms with Gasteiger partial charge in [0.25, 0.3) is 0 Å². The van der Waals surface area contributed by atoms with Crippen molar-refractivity contribution in [3.8, 4) is 5.75 Å². The van der Waals surface area contributed by atoms with Crippen LogP contribution in [0.15, 0.2) is 24.3 Å². The van der Waals surface area contributed by atoms with Crippen molar-refractivity contribution in [1.29, 1.82) is 0 Å². The third kappa shape index (κ3) is 7.02. The van der Waals surface area contributed by atoms with E-state index in [2.05, 4.69) is 5.32 Å². The first-order valence-electron chi connectivity index (χ1n) is 6.99. The van der Waals surface area contributed by atoms with Gasteiger partial charge in [-0.1, -0.05) is 12.1 Å². The van der Waals surface area contributed by atoms with Crippen LogP contribution in [0.2, 0.25) is 0 Å². The van der Waals surface area contributed by atoms with Gasteiger partial charge in [-0.15, -0.1) is 0 Å². The second kappa shape index (κ2) is 7.17. The fraction of sp³-hybridized carbons (Fsp3) is 0.562. The van der Waals surface area contributed by atoms with Crippen LogP contribution in [-0.4, -0.2) is 24.3 Å². The first-order valence-corrected chi connectivity index (χ1v) is 6.99. The van der Waals surface area contributed by atoms with E-state index in [4.69, 9.17) is 9.47 Å². The van der Waals surface area contributed by atoms with E-state index in [1.807, 2.05) is 58.9 Å². The Morgan fingerprint density at radius 1 is 1.20 bits per heavy atom. The molecule has 0 saturated carbocycles. The normalized spacial score (nSPS) is 11.3. The number of hydrogen-bond donors (Lipinski definition) is 1.